The Morgan fingerprint density at radius 2 is 1.52 bits per heavy atom. The molecular weight excluding hydrogens is 380 g/mol. The van der Waals surface area contributed by atoms with Gasteiger partial charge in [-0.15, -0.1) is 0 Å². The Balaban J connectivity index is 1.81. The summed E-state index contributed by atoms with van der Waals surface area (Å²) >= 11 is 0. The van der Waals surface area contributed by atoms with Gasteiger partial charge in [0.05, 0.1) is 11.8 Å². The lowest BCUT2D eigenvalue weighted by Gasteiger charge is -2.09. The number of sulfonamides is 1. The van der Waals surface area contributed by atoms with Crippen LogP contribution >= 0.6 is 0 Å². The van der Waals surface area contributed by atoms with Crippen LogP contribution in [0.25, 0.3) is 0 Å². The average molecular weight is 397 g/mol. The zero-order valence-corrected chi connectivity index (χ0v) is 15.1. The molecule has 0 heterocycles. The quantitative estimate of drug-likeness (QED) is 0.616. The third-order valence-electron chi connectivity index (χ3n) is 3.32. The Hall–Kier alpha value is -3.01. The second kappa shape index (κ2) is 8.58. The lowest BCUT2D eigenvalue weighted by molar-refractivity contribution is 0.0925. The van der Waals surface area contributed by atoms with Crippen molar-refractivity contribution in [1.29, 1.82) is 0 Å². The molecule has 3 N–H and O–H groups in total. The number of amides is 2. The lowest BCUT2D eigenvalue weighted by Crippen LogP contribution is -2.35. The van der Waals surface area contributed by atoms with Crippen molar-refractivity contribution >= 4 is 27.5 Å². The van der Waals surface area contributed by atoms with Crippen LogP contribution in [0.5, 0.6) is 0 Å². The summed E-state index contributed by atoms with van der Waals surface area (Å²) in [6, 6.07) is 8.38. The third kappa shape index (κ3) is 6.33. The van der Waals surface area contributed by atoms with E-state index in [1.54, 1.807) is 0 Å². The molecule has 27 heavy (non-hydrogen) atoms. The monoisotopic (exact) mass is 397 g/mol. The van der Waals surface area contributed by atoms with Gasteiger partial charge in [-0.2, -0.15) is 0 Å². The van der Waals surface area contributed by atoms with Gasteiger partial charge in [0.2, 0.25) is 10.0 Å². The summed E-state index contributed by atoms with van der Waals surface area (Å²) in [4.78, 5) is 23.8. The van der Waals surface area contributed by atoms with Crippen LogP contribution in [0.15, 0.2) is 42.5 Å². The van der Waals surface area contributed by atoms with Crippen LogP contribution in [-0.4, -0.2) is 39.6 Å². The highest BCUT2D eigenvalue weighted by atomic mass is 32.2. The fourth-order valence-electron chi connectivity index (χ4n) is 2.13. The predicted octanol–water partition coefficient (Wildman–Crippen LogP) is 1.50. The molecule has 0 fully saturated rings. The number of nitrogens with one attached hydrogen (secondary N) is 3. The molecule has 2 amide bonds. The molecule has 0 aliphatic heterocycles. The molecule has 2 aromatic rings. The zero-order valence-electron chi connectivity index (χ0n) is 14.3. The minimum Gasteiger partial charge on any atom is -0.350 e. The van der Waals surface area contributed by atoms with E-state index in [9.17, 15) is 26.8 Å². The van der Waals surface area contributed by atoms with E-state index in [0.29, 0.717) is 17.3 Å². The van der Waals surface area contributed by atoms with E-state index in [0.717, 1.165) is 18.4 Å². The summed E-state index contributed by atoms with van der Waals surface area (Å²) in [5.41, 5.74) is 0.323. The molecule has 0 aliphatic rings. The highest BCUT2D eigenvalue weighted by Gasteiger charge is 2.12. The van der Waals surface area contributed by atoms with Crippen molar-refractivity contribution in [1.82, 2.24) is 10.6 Å². The van der Waals surface area contributed by atoms with Gasteiger partial charge in [-0.3, -0.25) is 14.3 Å². The van der Waals surface area contributed by atoms with Crippen molar-refractivity contribution < 1.29 is 26.8 Å². The fourth-order valence-corrected chi connectivity index (χ4v) is 2.69. The average Bonchev–Trinajstić information content (AvgIpc) is 2.57. The molecule has 0 unspecified atom stereocenters. The number of halogens is 2. The molecule has 0 saturated carbocycles. The van der Waals surface area contributed by atoms with E-state index in [-0.39, 0.29) is 18.7 Å². The zero-order chi connectivity index (χ0) is 20.0. The number of carbonyl (C=O) groups excluding carboxylic acids is 2. The van der Waals surface area contributed by atoms with Crippen molar-refractivity contribution in [2.45, 2.75) is 0 Å². The molecule has 0 aromatic heterocycles. The molecule has 10 heteroatoms. The van der Waals surface area contributed by atoms with E-state index in [4.69, 9.17) is 0 Å². The largest absolute Gasteiger partial charge is 0.350 e. The summed E-state index contributed by atoms with van der Waals surface area (Å²) in [6.07, 6.45) is 1.01. The van der Waals surface area contributed by atoms with Crippen LogP contribution in [0.1, 0.15) is 20.7 Å². The fraction of sp³-hybridized carbons (Fsp3) is 0.176. The maximum Gasteiger partial charge on any atom is 0.254 e. The Labute approximate surface area is 154 Å². The van der Waals surface area contributed by atoms with Gasteiger partial charge < -0.3 is 10.6 Å². The lowest BCUT2D eigenvalue weighted by atomic mass is 10.2. The molecular formula is C17H17F2N3O4S. The first-order valence-electron chi connectivity index (χ1n) is 7.75. The maximum atomic E-state index is 13.5. The molecule has 0 aliphatic carbocycles. The van der Waals surface area contributed by atoms with Crippen molar-refractivity contribution in [2.75, 3.05) is 24.1 Å². The highest BCUT2D eigenvalue weighted by molar-refractivity contribution is 7.92. The van der Waals surface area contributed by atoms with Gasteiger partial charge in [0.25, 0.3) is 11.8 Å². The van der Waals surface area contributed by atoms with E-state index in [1.165, 1.54) is 24.3 Å². The van der Waals surface area contributed by atoms with Gasteiger partial charge in [-0.05, 0) is 36.4 Å². The Morgan fingerprint density at radius 1 is 0.926 bits per heavy atom. The molecule has 0 atom stereocenters. The van der Waals surface area contributed by atoms with E-state index in [1.807, 2.05) is 0 Å². The van der Waals surface area contributed by atoms with E-state index >= 15 is 0 Å². The number of rotatable bonds is 7. The summed E-state index contributed by atoms with van der Waals surface area (Å²) < 4.78 is 50.8. The topological polar surface area (TPSA) is 104 Å². The van der Waals surface area contributed by atoms with Crippen molar-refractivity contribution in [3.63, 3.8) is 0 Å². The van der Waals surface area contributed by atoms with E-state index < -0.39 is 33.5 Å². The number of benzene rings is 2. The van der Waals surface area contributed by atoms with Gasteiger partial charge in [0.15, 0.2) is 0 Å². The molecule has 7 nitrogen and oxygen atoms in total. The Bertz CT molecular complexity index is 947. The number of anilines is 1. The smallest absolute Gasteiger partial charge is 0.254 e. The van der Waals surface area contributed by atoms with Gasteiger partial charge in [0, 0.05) is 30.4 Å². The highest BCUT2D eigenvalue weighted by Crippen LogP contribution is 2.11. The molecule has 0 radical (unpaired) electrons. The van der Waals surface area contributed by atoms with Crippen molar-refractivity contribution in [3.8, 4) is 0 Å². The van der Waals surface area contributed by atoms with Crippen LogP contribution < -0.4 is 15.4 Å². The Morgan fingerprint density at radius 3 is 2.07 bits per heavy atom. The second-order valence-electron chi connectivity index (χ2n) is 5.59. The number of carbonyl (C=O) groups is 2. The van der Waals surface area contributed by atoms with Gasteiger partial charge in [-0.1, -0.05) is 0 Å². The molecule has 0 spiro atoms. The predicted molar refractivity (Wildman–Crippen MR) is 95.9 cm³/mol. The van der Waals surface area contributed by atoms with Crippen molar-refractivity contribution in [3.05, 3.63) is 65.2 Å². The van der Waals surface area contributed by atoms with Crippen LogP contribution in [0.4, 0.5) is 14.5 Å². The SMILES string of the molecule is CS(=O)(=O)Nc1ccc(C(=O)NCCNC(=O)c2ccc(F)cc2F)cc1. The van der Waals surface area contributed by atoms with E-state index in [2.05, 4.69) is 15.4 Å². The molecule has 0 saturated heterocycles. The normalized spacial score (nSPS) is 10.9. The van der Waals surface area contributed by atoms with Crippen LogP contribution in [0, 0.1) is 11.6 Å². The molecule has 144 valence electrons. The van der Waals surface area contributed by atoms with Gasteiger partial charge in [0.1, 0.15) is 11.6 Å². The van der Waals surface area contributed by atoms with Crippen LogP contribution in [0.2, 0.25) is 0 Å². The standard InChI is InChI=1S/C17H17F2N3O4S/c1-27(25,26)22-13-5-2-11(3-6-13)16(23)20-8-9-21-17(24)14-7-4-12(18)10-15(14)19/h2-7,10,22H,8-9H2,1H3,(H,20,23)(H,21,24). The summed E-state index contributed by atoms with van der Waals surface area (Å²) in [5.74, 6) is -2.91. The van der Waals surface area contributed by atoms with Crippen LogP contribution in [0.3, 0.4) is 0 Å². The third-order valence-corrected chi connectivity index (χ3v) is 3.93. The first kappa shape index (κ1) is 20.3. The second-order valence-corrected chi connectivity index (χ2v) is 7.34. The summed E-state index contributed by atoms with van der Waals surface area (Å²) in [6.45, 7) is 0.117. The minimum absolute atomic E-state index is 0.0368. The Kier molecular flexibility index (Phi) is 6.45. The first-order valence-corrected chi connectivity index (χ1v) is 9.64. The summed E-state index contributed by atoms with van der Waals surface area (Å²) in [5, 5.41) is 4.96. The first-order chi connectivity index (χ1) is 12.7. The molecule has 2 rings (SSSR count). The van der Waals surface area contributed by atoms with Crippen LogP contribution in [-0.2, 0) is 10.0 Å². The molecule has 0 bridgehead atoms. The summed E-state index contributed by atoms with van der Waals surface area (Å²) in [7, 11) is -3.40. The number of hydrogen-bond acceptors (Lipinski definition) is 4. The minimum atomic E-state index is -3.40. The van der Waals surface area contributed by atoms with Gasteiger partial charge in [-0.25, -0.2) is 17.2 Å². The number of hydrogen-bond donors (Lipinski definition) is 3. The maximum absolute atomic E-state index is 13.5. The van der Waals surface area contributed by atoms with Crippen molar-refractivity contribution in [2.24, 2.45) is 0 Å². The molecule has 2 aromatic carbocycles. The van der Waals surface area contributed by atoms with Gasteiger partial charge >= 0.3 is 0 Å².